The van der Waals surface area contributed by atoms with Gasteiger partial charge in [-0.2, -0.15) is 0 Å². The van der Waals surface area contributed by atoms with E-state index in [0.29, 0.717) is 6.42 Å². The molecule has 1 heterocycles. The zero-order valence-corrected chi connectivity index (χ0v) is 10.6. The van der Waals surface area contributed by atoms with Crippen molar-refractivity contribution >= 4 is 0 Å². The molecule has 4 heteroatoms. The van der Waals surface area contributed by atoms with Crippen LogP contribution < -0.4 is 0 Å². The lowest BCUT2D eigenvalue weighted by molar-refractivity contribution is -0.0629. The SMILES string of the molecule is CC1(O)CCN(CC2CCCC(F)(F)C2)CC1. The summed E-state index contributed by atoms with van der Waals surface area (Å²) in [5.41, 5.74) is -0.549. The fraction of sp³-hybridized carbons (Fsp3) is 1.00. The summed E-state index contributed by atoms with van der Waals surface area (Å²) >= 11 is 0. The van der Waals surface area contributed by atoms with Crippen molar-refractivity contribution in [3.63, 3.8) is 0 Å². The topological polar surface area (TPSA) is 23.5 Å². The fourth-order valence-corrected chi connectivity index (χ4v) is 3.01. The van der Waals surface area contributed by atoms with Crippen molar-refractivity contribution in [2.75, 3.05) is 19.6 Å². The molecule has 0 radical (unpaired) electrons. The zero-order valence-electron chi connectivity index (χ0n) is 10.6. The van der Waals surface area contributed by atoms with Gasteiger partial charge < -0.3 is 10.0 Å². The average Bonchev–Trinajstić information content (AvgIpc) is 2.20. The van der Waals surface area contributed by atoms with Gasteiger partial charge in [0.25, 0.3) is 0 Å². The van der Waals surface area contributed by atoms with E-state index >= 15 is 0 Å². The molecule has 0 aromatic heterocycles. The average molecular weight is 247 g/mol. The molecule has 1 atom stereocenters. The zero-order chi connectivity index (χ0) is 12.5. The Morgan fingerprint density at radius 1 is 1.24 bits per heavy atom. The molecule has 1 N–H and O–H groups in total. The van der Waals surface area contributed by atoms with Crippen molar-refractivity contribution in [2.45, 2.75) is 57.0 Å². The summed E-state index contributed by atoms with van der Waals surface area (Å²) < 4.78 is 26.5. The Morgan fingerprint density at radius 2 is 1.88 bits per heavy atom. The maximum absolute atomic E-state index is 13.3. The van der Waals surface area contributed by atoms with Crippen molar-refractivity contribution in [3.8, 4) is 0 Å². The van der Waals surface area contributed by atoms with Gasteiger partial charge in [0.05, 0.1) is 5.60 Å². The van der Waals surface area contributed by atoms with Gasteiger partial charge in [0.15, 0.2) is 0 Å². The first-order chi connectivity index (χ1) is 7.86. The van der Waals surface area contributed by atoms with Crippen LogP contribution in [0.15, 0.2) is 0 Å². The molecule has 0 aromatic rings. The van der Waals surface area contributed by atoms with Gasteiger partial charge in [-0.3, -0.25) is 0 Å². The lowest BCUT2D eigenvalue weighted by atomic mass is 9.85. The number of nitrogens with zero attached hydrogens (tertiary/aromatic N) is 1. The quantitative estimate of drug-likeness (QED) is 0.811. The summed E-state index contributed by atoms with van der Waals surface area (Å²) in [6.07, 6.45) is 3.23. The van der Waals surface area contributed by atoms with Crippen molar-refractivity contribution in [3.05, 3.63) is 0 Å². The van der Waals surface area contributed by atoms with Crippen molar-refractivity contribution in [1.29, 1.82) is 0 Å². The second-order valence-electron chi connectivity index (χ2n) is 6.12. The van der Waals surface area contributed by atoms with Crippen molar-refractivity contribution in [2.24, 2.45) is 5.92 Å². The van der Waals surface area contributed by atoms with Gasteiger partial charge in [-0.1, -0.05) is 0 Å². The highest BCUT2D eigenvalue weighted by atomic mass is 19.3. The summed E-state index contributed by atoms with van der Waals surface area (Å²) in [6, 6.07) is 0. The number of hydrogen-bond acceptors (Lipinski definition) is 2. The highest BCUT2D eigenvalue weighted by Crippen LogP contribution is 2.37. The maximum atomic E-state index is 13.3. The number of aliphatic hydroxyl groups is 1. The third-order valence-electron chi connectivity index (χ3n) is 4.19. The van der Waals surface area contributed by atoms with E-state index in [0.717, 1.165) is 38.9 Å². The predicted octanol–water partition coefficient (Wildman–Crippen LogP) is 2.66. The molecule has 0 amide bonds. The van der Waals surface area contributed by atoms with Crippen LogP contribution in [-0.4, -0.2) is 41.2 Å². The molecule has 17 heavy (non-hydrogen) atoms. The van der Waals surface area contributed by atoms with Crippen LogP contribution in [0.25, 0.3) is 0 Å². The largest absolute Gasteiger partial charge is 0.390 e. The number of likely N-dealkylation sites (tertiary alicyclic amines) is 1. The van der Waals surface area contributed by atoms with E-state index in [2.05, 4.69) is 4.90 Å². The van der Waals surface area contributed by atoms with Crippen LogP contribution in [0.3, 0.4) is 0 Å². The maximum Gasteiger partial charge on any atom is 0.248 e. The van der Waals surface area contributed by atoms with Crippen LogP contribution >= 0.6 is 0 Å². The van der Waals surface area contributed by atoms with E-state index in [4.69, 9.17) is 0 Å². The van der Waals surface area contributed by atoms with Gasteiger partial charge in [0.2, 0.25) is 5.92 Å². The molecule has 0 bridgehead atoms. The summed E-state index contributed by atoms with van der Waals surface area (Å²) in [6.45, 7) is 4.33. The predicted molar refractivity (Wildman–Crippen MR) is 63.2 cm³/mol. The van der Waals surface area contributed by atoms with Crippen LogP contribution in [-0.2, 0) is 0 Å². The Balaban J connectivity index is 1.78. The number of hydrogen-bond donors (Lipinski definition) is 1. The van der Waals surface area contributed by atoms with Crippen LogP contribution in [0.2, 0.25) is 0 Å². The van der Waals surface area contributed by atoms with Gasteiger partial charge in [0, 0.05) is 32.5 Å². The molecular formula is C13H23F2NO. The molecule has 1 aliphatic heterocycles. The second kappa shape index (κ2) is 4.81. The van der Waals surface area contributed by atoms with Crippen LogP contribution in [0.4, 0.5) is 8.78 Å². The molecule has 2 aliphatic rings. The van der Waals surface area contributed by atoms with Gasteiger partial charge in [-0.15, -0.1) is 0 Å². The van der Waals surface area contributed by atoms with Gasteiger partial charge in [0.1, 0.15) is 0 Å². The number of halogens is 2. The standard InChI is InChI=1S/C13H23F2NO/c1-12(17)5-7-16(8-6-12)10-11-3-2-4-13(14,15)9-11/h11,17H,2-10H2,1H3. The molecule has 2 rings (SSSR count). The van der Waals surface area contributed by atoms with Crippen molar-refractivity contribution < 1.29 is 13.9 Å². The van der Waals surface area contributed by atoms with E-state index in [-0.39, 0.29) is 18.8 Å². The Labute approximate surface area is 102 Å². The van der Waals surface area contributed by atoms with Crippen molar-refractivity contribution in [1.82, 2.24) is 4.90 Å². The number of rotatable bonds is 2. The first-order valence-corrected chi connectivity index (χ1v) is 6.69. The molecule has 1 aliphatic carbocycles. The van der Waals surface area contributed by atoms with E-state index in [9.17, 15) is 13.9 Å². The van der Waals surface area contributed by atoms with Crippen LogP contribution in [0, 0.1) is 5.92 Å². The van der Waals surface area contributed by atoms with E-state index in [1.54, 1.807) is 0 Å². The summed E-state index contributed by atoms with van der Waals surface area (Å²) in [7, 11) is 0. The van der Waals surface area contributed by atoms with Gasteiger partial charge in [-0.05, 0) is 38.5 Å². The smallest absolute Gasteiger partial charge is 0.248 e. The molecule has 1 saturated carbocycles. The third kappa shape index (κ3) is 3.88. The minimum absolute atomic E-state index is 0.0554. The highest BCUT2D eigenvalue weighted by molar-refractivity contribution is 4.85. The van der Waals surface area contributed by atoms with Gasteiger partial charge in [-0.25, -0.2) is 8.78 Å². The lowest BCUT2D eigenvalue weighted by Gasteiger charge is -2.39. The fourth-order valence-electron chi connectivity index (χ4n) is 3.01. The normalized spacial score (nSPS) is 33.5. The minimum atomic E-state index is -2.44. The van der Waals surface area contributed by atoms with E-state index in [1.807, 2.05) is 6.92 Å². The molecule has 1 unspecified atom stereocenters. The summed E-state index contributed by atoms with van der Waals surface area (Å²) in [5, 5.41) is 9.83. The van der Waals surface area contributed by atoms with Crippen LogP contribution in [0.1, 0.15) is 45.4 Å². The monoisotopic (exact) mass is 247 g/mol. The number of piperidine rings is 1. The Bertz CT molecular complexity index is 258. The number of alkyl halides is 2. The Hall–Kier alpha value is -0.220. The molecule has 2 nitrogen and oxygen atoms in total. The van der Waals surface area contributed by atoms with Gasteiger partial charge >= 0.3 is 0 Å². The Kier molecular flexibility index (Phi) is 3.74. The summed E-state index contributed by atoms with van der Waals surface area (Å²) in [4.78, 5) is 2.24. The first-order valence-electron chi connectivity index (χ1n) is 6.69. The molecule has 0 spiro atoms. The minimum Gasteiger partial charge on any atom is -0.390 e. The molecule has 1 saturated heterocycles. The summed E-state index contributed by atoms with van der Waals surface area (Å²) in [5.74, 6) is -2.30. The molecule has 0 aromatic carbocycles. The Morgan fingerprint density at radius 3 is 2.47 bits per heavy atom. The lowest BCUT2D eigenvalue weighted by Crippen LogP contribution is -2.45. The molecule has 100 valence electrons. The van der Waals surface area contributed by atoms with Crippen LogP contribution in [0.5, 0.6) is 0 Å². The van der Waals surface area contributed by atoms with E-state index in [1.165, 1.54) is 0 Å². The molecule has 2 fully saturated rings. The van der Waals surface area contributed by atoms with E-state index < -0.39 is 11.5 Å². The first kappa shape index (κ1) is 13.2. The third-order valence-corrected chi connectivity index (χ3v) is 4.19. The molecular weight excluding hydrogens is 224 g/mol. The second-order valence-corrected chi connectivity index (χ2v) is 6.12. The highest BCUT2D eigenvalue weighted by Gasteiger charge is 2.37.